The van der Waals surface area contributed by atoms with Gasteiger partial charge in [0.05, 0.1) is 30.1 Å². The minimum Gasteiger partial charge on any atom is -0.375 e. The third kappa shape index (κ3) is 4.97. The first-order chi connectivity index (χ1) is 15.0. The van der Waals surface area contributed by atoms with Gasteiger partial charge in [-0.3, -0.25) is 9.36 Å². The number of aryl methyl sites for hydroxylation is 2. The second kappa shape index (κ2) is 9.62. The molecule has 0 spiro atoms. The van der Waals surface area contributed by atoms with Crippen LogP contribution in [0.2, 0.25) is 0 Å². The van der Waals surface area contributed by atoms with E-state index in [4.69, 9.17) is 14.5 Å². The lowest BCUT2D eigenvalue weighted by Gasteiger charge is -2.24. The first-order valence-electron chi connectivity index (χ1n) is 11.1. The molecule has 2 aromatic carbocycles. The van der Waals surface area contributed by atoms with Gasteiger partial charge >= 0.3 is 0 Å². The number of rotatable bonds is 7. The van der Waals surface area contributed by atoms with Crippen LogP contribution in [0.3, 0.4) is 0 Å². The highest BCUT2D eigenvalue weighted by atomic mass is 16.7. The SMILES string of the molecule is Cc1ccc(NC(C)c2nc3ccccc3c(=O)n2CCOC2CCCCO2)cc1C. The van der Waals surface area contributed by atoms with E-state index in [1.807, 2.05) is 31.2 Å². The van der Waals surface area contributed by atoms with Crippen molar-refractivity contribution < 1.29 is 9.47 Å². The monoisotopic (exact) mass is 421 g/mol. The van der Waals surface area contributed by atoms with Crippen molar-refractivity contribution in [2.45, 2.75) is 58.9 Å². The van der Waals surface area contributed by atoms with Crippen molar-refractivity contribution in [3.8, 4) is 0 Å². The summed E-state index contributed by atoms with van der Waals surface area (Å²) in [6, 6.07) is 13.6. The molecule has 0 amide bonds. The maximum absolute atomic E-state index is 13.3. The van der Waals surface area contributed by atoms with Crippen molar-refractivity contribution in [3.63, 3.8) is 0 Å². The van der Waals surface area contributed by atoms with Crippen LogP contribution in [0.5, 0.6) is 0 Å². The molecule has 164 valence electrons. The lowest BCUT2D eigenvalue weighted by atomic mass is 10.1. The van der Waals surface area contributed by atoms with Crippen LogP contribution < -0.4 is 10.9 Å². The average Bonchev–Trinajstić information content (AvgIpc) is 2.78. The smallest absolute Gasteiger partial charge is 0.261 e. The number of benzene rings is 2. The number of ether oxygens (including phenoxy) is 2. The number of para-hydroxylation sites is 1. The Morgan fingerprint density at radius 1 is 1.19 bits per heavy atom. The predicted molar refractivity (Wildman–Crippen MR) is 123 cm³/mol. The van der Waals surface area contributed by atoms with Crippen LogP contribution in [0.15, 0.2) is 47.3 Å². The number of nitrogens with one attached hydrogen (secondary N) is 1. The van der Waals surface area contributed by atoms with Crippen molar-refractivity contribution in [2.24, 2.45) is 0 Å². The molecule has 1 fully saturated rings. The van der Waals surface area contributed by atoms with E-state index in [-0.39, 0.29) is 17.9 Å². The molecule has 1 N–H and O–H groups in total. The van der Waals surface area contributed by atoms with E-state index in [0.717, 1.165) is 31.6 Å². The Balaban J connectivity index is 1.60. The number of anilines is 1. The highest BCUT2D eigenvalue weighted by molar-refractivity contribution is 5.77. The van der Waals surface area contributed by atoms with Gasteiger partial charge in [0, 0.05) is 12.3 Å². The summed E-state index contributed by atoms with van der Waals surface area (Å²) in [5.74, 6) is 0.704. The average molecular weight is 422 g/mol. The summed E-state index contributed by atoms with van der Waals surface area (Å²) in [5, 5.41) is 4.13. The molecule has 0 bridgehead atoms. The number of nitrogens with zero attached hydrogens (tertiary/aromatic N) is 2. The van der Waals surface area contributed by atoms with Crippen LogP contribution in [-0.4, -0.2) is 29.1 Å². The van der Waals surface area contributed by atoms with Gasteiger partial charge in [0.2, 0.25) is 0 Å². The van der Waals surface area contributed by atoms with E-state index in [0.29, 0.717) is 29.9 Å². The van der Waals surface area contributed by atoms with E-state index in [2.05, 4.69) is 37.4 Å². The Bertz CT molecular complexity index is 1100. The summed E-state index contributed by atoms with van der Waals surface area (Å²) in [6.45, 7) is 7.82. The van der Waals surface area contributed by atoms with Crippen molar-refractivity contribution >= 4 is 16.6 Å². The highest BCUT2D eigenvalue weighted by Gasteiger charge is 2.18. The molecule has 0 saturated carbocycles. The van der Waals surface area contributed by atoms with Gasteiger partial charge in [-0.25, -0.2) is 4.98 Å². The van der Waals surface area contributed by atoms with Crippen LogP contribution in [0.4, 0.5) is 5.69 Å². The van der Waals surface area contributed by atoms with Gasteiger partial charge in [0.15, 0.2) is 6.29 Å². The standard InChI is InChI=1S/C25H31N3O3/c1-17-11-12-20(16-18(17)2)26-19(3)24-27-22-9-5-4-8-21(22)25(29)28(24)13-15-31-23-10-6-7-14-30-23/h4-5,8-9,11-12,16,19,23,26H,6-7,10,13-15H2,1-3H3. The van der Waals surface area contributed by atoms with E-state index in [1.54, 1.807) is 4.57 Å². The number of fused-ring (bicyclic) bond motifs is 1. The van der Waals surface area contributed by atoms with Gasteiger partial charge < -0.3 is 14.8 Å². The summed E-state index contributed by atoms with van der Waals surface area (Å²) in [7, 11) is 0. The summed E-state index contributed by atoms with van der Waals surface area (Å²) in [4.78, 5) is 18.1. The predicted octanol–water partition coefficient (Wildman–Crippen LogP) is 4.73. The molecule has 1 aliphatic rings. The molecule has 2 atom stereocenters. The quantitative estimate of drug-likeness (QED) is 0.597. The third-order valence-corrected chi connectivity index (χ3v) is 5.93. The third-order valence-electron chi connectivity index (χ3n) is 5.93. The highest BCUT2D eigenvalue weighted by Crippen LogP contribution is 2.21. The fourth-order valence-corrected chi connectivity index (χ4v) is 4.00. The fraction of sp³-hybridized carbons (Fsp3) is 0.440. The molecule has 6 nitrogen and oxygen atoms in total. The van der Waals surface area contributed by atoms with Crippen molar-refractivity contribution in [1.29, 1.82) is 0 Å². The Morgan fingerprint density at radius 2 is 2.03 bits per heavy atom. The fourth-order valence-electron chi connectivity index (χ4n) is 4.00. The lowest BCUT2D eigenvalue weighted by molar-refractivity contribution is -0.163. The molecular formula is C25H31N3O3. The molecule has 2 heterocycles. The molecule has 1 saturated heterocycles. The van der Waals surface area contributed by atoms with Gasteiger partial charge in [-0.2, -0.15) is 0 Å². The maximum atomic E-state index is 13.3. The normalized spacial score (nSPS) is 17.6. The first-order valence-corrected chi connectivity index (χ1v) is 11.1. The molecule has 1 aromatic heterocycles. The molecule has 4 rings (SSSR count). The molecule has 2 unspecified atom stereocenters. The zero-order chi connectivity index (χ0) is 21.8. The summed E-state index contributed by atoms with van der Waals surface area (Å²) < 4.78 is 13.3. The molecule has 1 aliphatic heterocycles. The van der Waals surface area contributed by atoms with Crippen LogP contribution in [-0.2, 0) is 16.0 Å². The molecule has 31 heavy (non-hydrogen) atoms. The first kappa shape index (κ1) is 21.5. The Labute approximate surface area is 183 Å². The van der Waals surface area contributed by atoms with E-state index >= 15 is 0 Å². The van der Waals surface area contributed by atoms with Crippen molar-refractivity contribution in [3.05, 3.63) is 69.8 Å². The van der Waals surface area contributed by atoms with E-state index in [9.17, 15) is 4.79 Å². The van der Waals surface area contributed by atoms with Crippen LogP contribution in [0.25, 0.3) is 10.9 Å². The number of hydrogen-bond acceptors (Lipinski definition) is 5. The van der Waals surface area contributed by atoms with E-state index < -0.39 is 0 Å². The summed E-state index contributed by atoms with van der Waals surface area (Å²) >= 11 is 0. The van der Waals surface area contributed by atoms with Crippen molar-refractivity contribution in [2.75, 3.05) is 18.5 Å². The van der Waals surface area contributed by atoms with Crippen LogP contribution in [0.1, 0.15) is 49.2 Å². The topological polar surface area (TPSA) is 65.4 Å². The second-order valence-electron chi connectivity index (χ2n) is 8.28. The van der Waals surface area contributed by atoms with Crippen LogP contribution in [0, 0.1) is 13.8 Å². The van der Waals surface area contributed by atoms with E-state index in [1.165, 1.54) is 11.1 Å². The van der Waals surface area contributed by atoms with Gasteiger partial charge in [0.1, 0.15) is 5.82 Å². The summed E-state index contributed by atoms with van der Waals surface area (Å²) in [5.41, 5.74) is 4.16. The molecule has 0 aliphatic carbocycles. The largest absolute Gasteiger partial charge is 0.375 e. The van der Waals surface area contributed by atoms with Gasteiger partial charge in [0.25, 0.3) is 5.56 Å². The second-order valence-corrected chi connectivity index (χ2v) is 8.28. The Kier molecular flexibility index (Phi) is 6.68. The van der Waals surface area contributed by atoms with Crippen molar-refractivity contribution in [1.82, 2.24) is 9.55 Å². The van der Waals surface area contributed by atoms with Gasteiger partial charge in [-0.05, 0) is 75.4 Å². The lowest BCUT2D eigenvalue weighted by Crippen LogP contribution is -2.31. The minimum atomic E-state index is -0.174. The number of aromatic nitrogens is 2. The zero-order valence-corrected chi connectivity index (χ0v) is 18.6. The van der Waals surface area contributed by atoms with Gasteiger partial charge in [-0.1, -0.05) is 18.2 Å². The maximum Gasteiger partial charge on any atom is 0.261 e. The molecule has 0 radical (unpaired) electrons. The van der Waals surface area contributed by atoms with Gasteiger partial charge in [-0.15, -0.1) is 0 Å². The molecule has 6 heteroatoms. The zero-order valence-electron chi connectivity index (χ0n) is 18.6. The Morgan fingerprint density at radius 3 is 2.81 bits per heavy atom. The minimum absolute atomic E-state index is 0.0394. The molecule has 3 aromatic rings. The summed E-state index contributed by atoms with van der Waals surface area (Å²) in [6.07, 6.45) is 2.93. The Hall–Kier alpha value is -2.70. The number of hydrogen-bond donors (Lipinski definition) is 1. The van der Waals surface area contributed by atoms with Crippen LogP contribution >= 0.6 is 0 Å². The molecular weight excluding hydrogens is 390 g/mol.